The third-order valence-corrected chi connectivity index (χ3v) is 5.28. The minimum atomic E-state index is 0.661. The van der Waals surface area contributed by atoms with Gasteiger partial charge in [0, 0.05) is 19.3 Å². The Balaban J connectivity index is 1.48. The van der Waals surface area contributed by atoms with Crippen LogP contribution in [0.1, 0.15) is 24.3 Å². The third kappa shape index (κ3) is 2.45. The van der Waals surface area contributed by atoms with Crippen molar-refractivity contribution >= 4 is 22.6 Å². The normalized spacial score (nSPS) is 15.9. The first-order chi connectivity index (χ1) is 12.4. The van der Waals surface area contributed by atoms with E-state index in [1.54, 1.807) is 0 Å². The molecule has 0 radical (unpaired) electrons. The predicted molar refractivity (Wildman–Crippen MR) is 101 cm³/mol. The van der Waals surface area contributed by atoms with Crippen LogP contribution >= 0.6 is 0 Å². The lowest BCUT2D eigenvalue weighted by Gasteiger charge is -2.34. The quantitative estimate of drug-likeness (QED) is 0.551. The van der Waals surface area contributed by atoms with Crippen LogP contribution in [-0.4, -0.2) is 27.5 Å². The lowest BCUT2D eigenvalue weighted by molar-refractivity contribution is 0.502. The molecular weight excluding hydrogens is 308 g/mol. The molecule has 0 amide bonds. The number of para-hydroxylation sites is 2. The Labute approximate surface area is 146 Å². The van der Waals surface area contributed by atoms with Gasteiger partial charge in [0.25, 0.3) is 0 Å². The fourth-order valence-electron chi connectivity index (χ4n) is 3.98. The van der Waals surface area contributed by atoms with Crippen LogP contribution in [0.5, 0.6) is 0 Å². The van der Waals surface area contributed by atoms with Crippen molar-refractivity contribution in [2.75, 3.05) is 18.0 Å². The number of anilines is 1. The van der Waals surface area contributed by atoms with Crippen LogP contribution in [0.25, 0.3) is 16.8 Å². The standard InChI is InChI=1S/C21H20N4/c1-2-6-16(7-3-1)17-11-14-24(15-12-17)20-10-13-22-21-23-18-8-4-5-9-19(18)25(20)21/h1-10,13,17H,11-12,14-15H2. The number of benzene rings is 2. The second-order valence-corrected chi connectivity index (χ2v) is 6.71. The molecule has 0 saturated carbocycles. The topological polar surface area (TPSA) is 33.4 Å². The van der Waals surface area contributed by atoms with Crippen molar-refractivity contribution in [3.05, 3.63) is 72.4 Å². The zero-order valence-corrected chi connectivity index (χ0v) is 14.0. The van der Waals surface area contributed by atoms with Gasteiger partial charge in [-0.05, 0) is 42.5 Å². The number of piperidine rings is 1. The van der Waals surface area contributed by atoms with Gasteiger partial charge in [-0.3, -0.25) is 4.40 Å². The average molecular weight is 328 g/mol. The van der Waals surface area contributed by atoms with Crippen LogP contribution in [0.3, 0.4) is 0 Å². The summed E-state index contributed by atoms with van der Waals surface area (Å²) in [7, 11) is 0. The molecule has 124 valence electrons. The van der Waals surface area contributed by atoms with Gasteiger partial charge in [0.05, 0.1) is 11.0 Å². The summed E-state index contributed by atoms with van der Waals surface area (Å²) in [5.41, 5.74) is 3.60. The lowest BCUT2D eigenvalue weighted by Crippen LogP contribution is -2.34. The number of hydrogen-bond donors (Lipinski definition) is 0. The van der Waals surface area contributed by atoms with Gasteiger partial charge in [0.15, 0.2) is 0 Å². The highest BCUT2D eigenvalue weighted by molar-refractivity contribution is 5.81. The van der Waals surface area contributed by atoms with Gasteiger partial charge in [0.1, 0.15) is 5.82 Å². The second kappa shape index (κ2) is 5.88. The van der Waals surface area contributed by atoms with Crippen molar-refractivity contribution in [2.24, 2.45) is 0 Å². The summed E-state index contributed by atoms with van der Waals surface area (Å²) in [6.45, 7) is 2.12. The highest BCUT2D eigenvalue weighted by atomic mass is 15.3. The van der Waals surface area contributed by atoms with Crippen molar-refractivity contribution in [1.82, 2.24) is 14.4 Å². The van der Waals surface area contributed by atoms with E-state index in [1.165, 1.54) is 24.2 Å². The Morgan fingerprint density at radius 1 is 0.840 bits per heavy atom. The molecule has 0 N–H and O–H groups in total. The largest absolute Gasteiger partial charge is 0.358 e. The van der Waals surface area contributed by atoms with E-state index < -0.39 is 0 Å². The first-order valence-electron chi connectivity index (χ1n) is 8.92. The molecule has 4 nitrogen and oxygen atoms in total. The molecule has 25 heavy (non-hydrogen) atoms. The Kier molecular flexibility index (Phi) is 3.40. The van der Waals surface area contributed by atoms with E-state index in [1.807, 2.05) is 12.3 Å². The van der Waals surface area contributed by atoms with E-state index in [0.717, 1.165) is 29.9 Å². The number of aromatic nitrogens is 3. The molecule has 1 saturated heterocycles. The minimum absolute atomic E-state index is 0.661. The maximum absolute atomic E-state index is 4.66. The Morgan fingerprint density at radius 3 is 2.44 bits per heavy atom. The molecule has 5 rings (SSSR count). The maximum Gasteiger partial charge on any atom is 0.236 e. The number of imidazole rings is 1. The van der Waals surface area contributed by atoms with E-state index in [9.17, 15) is 0 Å². The molecule has 0 atom stereocenters. The summed E-state index contributed by atoms with van der Waals surface area (Å²) in [4.78, 5) is 11.6. The third-order valence-electron chi connectivity index (χ3n) is 5.28. The van der Waals surface area contributed by atoms with Gasteiger partial charge < -0.3 is 4.90 Å². The summed E-state index contributed by atoms with van der Waals surface area (Å²) in [5.74, 6) is 2.64. The summed E-state index contributed by atoms with van der Waals surface area (Å²) in [5, 5.41) is 0. The van der Waals surface area contributed by atoms with Crippen molar-refractivity contribution in [1.29, 1.82) is 0 Å². The van der Waals surface area contributed by atoms with Crippen LogP contribution in [0.4, 0.5) is 5.82 Å². The molecule has 4 aromatic rings. The molecule has 1 aliphatic heterocycles. The van der Waals surface area contributed by atoms with Crippen LogP contribution in [-0.2, 0) is 0 Å². The molecule has 0 spiro atoms. The number of rotatable bonds is 2. The molecule has 0 bridgehead atoms. The zero-order chi connectivity index (χ0) is 16.6. The minimum Gasteiger partial charge on any atom is -0.358 e. The summed E-state index contributed by atoms with van der Waals surface area (Å²) >= 11 is 0. The predicted octanol–water partition coefficient (Wildman–Crippen LogP) is 4.27. The Morgan fingerprint density at radius 2 is 1.60 bits per heavy atom. The van der Waals surface area contributed by atoms with Gasteiger partial charge in [-0.25, -0.2) is 9.97 Å². The monoisotopic (exact) mass is 328 g/mol. The number of hydrogen-bond acceptors (Lipinski definition) is 3. The highest BCUT2D eigenvalue weighted by Gasteiger charge is 2.22. The maximum atomic E-state index is 4.66. The van der Waals surface area contributed by atoms with E-state index >= 15 is 0 Å². The van der Waals surface area contributed by atoms with Gasteiger partial charge in [-0.1, -0.05) is 42.5 Å². The Bertz CT molecular complexity index is 1010. The molecule has 3 heterocycles. The van der Waals surface area contributed by atoms with Crippen LogP contribution in [0.2, 0.25) is 0 Å². The molecule has 2 aromatic heterocycles. The first-order valence-corrected chi connectivity index (χ1v) is 8.92. The Hall–Kier alpha value is -2.88. The average Bonchev–Trinajstić information content (AvgIpc) is 3.08. The van der Waals surface area contributed by atoms with E-state index in [2.05, 4.69) is 73.9 Å². The number of nitrogens with zero attached hydrogens (tertiary/aromatic N) is 4. The molecule has 0 aliphatic carbocycles. The molecular formula is C21H20N4. The first kappa shape index (κ1) is 14.5. The van der Waals surface area contributed by atoms with Crippen molar-refractivity contribution in [3.63, 3.8) is 0 Å². The molecule has 2 aromatic carbocycles. The van der Waals surface area contributed by atoms with Gasteiger partial charge >= 0.3 is 0 Å². The summed E-state index contributed by atoms with van der Waals surface area (Å²) < 4.78 is 2.19. The summed E-state index contributed by atoms with van der Waals surface area (Å²) in [6, 6.07) is 21.3. The second-order valence-electron chi connectivity index (χ2n) is 6.71. The highest BCUT2D eigenvalue weighted by Crippen LogP contribution is 2.31. The lowest BCUT2D eigenvalue weighted by atomic mass is 9.89. The summed E-state index contributed by atoms with van der Waals surface area (Å²) in [6.07, 6.45) is 4.24. The zero-order valence-electron chi connectivity index (χ0n) is 14.0. The van der Waals surface area contributed by atoms with E-state index in [4.69, 9.17) is 0 Å². The van der Waals surface area contributed by atoms with E-state index in [0.29, 0.717) is 5.92 Å². The van der Waals surface area contributed by atoms with Gasteiger partial charge in [-0.2, -0.15) is 0 Å². The fourth-order valence-corrected chi connectivity index (χ4v) is 3.98. The molecule has 1 fully saturated rings. The van der Waals surface area contributed by atoms with Crippen molar-refractivity contribution < 1.29 is 0 Å². The van der Waals surface area contributed by atoms with Crippen LogP contribution < -0.4 is 4.90 Å². The molecule has 4 heteroatoms. The molecule has 0 unspecified atom stereocenters. The van der Waals surface area contributed by atoms with E-state index in [-0.39, 0.29) is 0 Å². The number of fused-ring (bicyclic) bond motifs is 3. The smallest absolute Gasteiger partial charge is 0.236 e. The SMILES string of the molecule is c1ccc(C2CCN(c3ccnc4nc5ccccc5n34)CC2)cc1. The van der Waals surface area contributed by atoms with Crippen LogP contribution in [0.15, 0.2) is 66.9 Å². The van der Waals surface area contributed by atoms with Gasteiger partial charge in [0.2, 0.25) is 5.78 Å². The van der Waals surface area contributed by atoms with Crippen LogP contribution in [0, 0.1) is 0 Å². The van der Waals surface area contributed by atoms with Gasteiger partial charge in [-0.15, -0.1) is 0 Å². The van der Waals surface area contributed by atoms with Crippen molar-refractivity contribution in [3.8, 4) is 0 Å². The molecule has 1 aliphatic rings. The van der Waals surface area contributed by atoms with Crippen molar-refractivity contribution in [2.45, 2.75) is 18.8 Å². The fraction of sp³-hybridized carbons (Fsp3) is 0.238.